The second kappa shape index (κ2) is 8.13. The summed E-state index contributed by atoms with van der Waals surface area (Å²) in [5.41, 5.74) is -0.389. The lowest BCUT2D eigenvalue weighted by Crippen LogP contribution is -2.47. The van der Waals surface area contributed by atoms with Gasteiger partial charge in [0.05, 0.1) is 6.10 Å². The predicted octanol–water partition coefficient (Wildman–Crippen LogP) is 1.88. The van der Waals surface area contributed by atoms with Crippen LogP contribution in [0.3, 0.4) is 0 Å². The van der Waals surface area contributed by atoms with Crippen LogP contribution < -0.4 is 10.6 Å². The van der Waals surface area contributed by atoms with Gasteiger partial charge in [0, 0.05) is 39.8 Å². The van der Waals surface area contributed by atoms with Crippen molar-refractivity contribution in [3.63, 3.8) is 0 Å². The summed E-state index contributed by atoms with van der Waals surface area (Å²) in [6.45, 7) is 14.3. The van der Waals surface area contributed by atoms with E-state index >= 15 is 0 Å². The van der Waals surface area contributed by atoms with Crippen LogP contribution >= 0.6 is 0 Å². The van der Waals surface area contributed by atoms with E-state index in [1.165, 1.54) is 0 Å². The van der Waals surface area contributed by atoms with Crippen molar-refractivity contribution in [3.8, 4) is 0 Å². The number of carbonyl (C=O) groups is 1. The van der Waals surface area contributed by atoms with Crippen molar-refractivity contribution in [3.05, 3.63) is 0 Å². The van der Waals surface area contributed by atoms with Crippen molar-refractivity contribution < 1.29 is 14.1 Å². The number of aliphatic hydroxyl groups is 1. The van der Waals surface area contributed by atoms with Gasteiger partial charge in [-0.3, -0.25) is 4.21 Å². The van der Waals surface area contributed by atoms with Gasteiger partial charge in [-0.2, -0.15) is 0 Å². The van der Waals surface area contributed by atoms with Crippen LogP contribution in [0.15, 0.2) is 0 Å². The summed E-state index contributed by atoms with van der Waals surface area (Å²) in [6, 6.07) is -0.287. The molecule has 2 unspecified atom stereocenters. The fourth-order valence-corrected chi connectivity index (χ4v) is 2.84. The Morgan fingerprint density at radius 1 is 1.14 bits per heavy atom. The van der Waals surface area contributed by atoms with Crippen LogP contribution in [0.2, 0.25) is 0 Å². The summed E-state index contributed by atoms with van der Waals surface area (Å²) in [6.07, 6.45) is -0.480. The second-order valence-electron chi connectivity index (χ2n) is 7.45. The Morgan fingerprint density at radius 2 is 1.67 bits per heavy atom. The monoisotopic (exact) mass is 320 g/mol. The minimum atomic E-state index is -0.971. The van der Waals surface area contributed by atoms with E-state index < -0.39 is 16.9 Å². The van der Waals surface area contributed by atoms with Gasteiger partial charge in [0.25, 0.3) is 0 Å². The summed E-state index contributed by atoms with van der Waals surface area (Å²) in [5.74, 6) is 0.577. The van der Waals surface area contributed by atoms with Crippen molar-refractivity contribution in [2.75, 3.05) is 18.8 Å². The third-order valence-corrected chi connectivity index (χ3v) is 5.33. The molecule has 0 heterocycles. The molecule has 0 spiro atoms. The lowest BCUT2D eigenvalue weighted by atomic mass is 9.81. The first-order valence-corrected chi connectivity index (χ1v) is 8.78. The molecule has 126 valence electrons. The highest BCUT2D eigenvalue weighted by Gasteiger charge is 2.30. The first-order valence-electron chi connectivity index (χ1n) is 7.46. The second-order valence-corrected chi connectivity index (χ2v) is 9.77. The summed E-state index contributed by atoms with van der Waals surface area (Å²) in [4.78, 5) is 11.7. The van der Waals surface area contributed by atoms with Crippen molar-refractivity contribution in [1.29, 1.82) is 0 Å². The summed E-state index contributed by atoms with van der Waals surface area (Å²) in [7, 11) is -0.971. The minimum absolute atomic E-state index is 0.138. The van der Waals surface area contributed by atoms with Gasteiger partial charge in [-0.25, -0.2) is 4.79 Å². The van der Waals surface area contributed by atoms with Crippen LogP contribution in [-0.2, 0) is 10.8 Å². The zero-order chi connectivity index (χ0) is 16.8. The average molecular weight is 320 g/mol. The lowest BCUT2D eigenvalue weighted by Gasteiger charge is -2.33. The maximum absolute atomic E-state index is 11.8. The molecule has 2 amide bonds. The zero-order valence-electron chi connectivity index (χ0n) is 14.4. The van der Waals surface area contributed by atoms with Crippen LogP contribution in [0.25, 0.3) is 0 Å². The van der Waals surface area contributed by atoms with Gasteiger partial charge >= 0.3 is 6.03 Å². The number of carbonyl (C=O) groups excluding carboxylic acids is 1. The number of urea groups is 1. The van der Waals surface area contributed by atoms with Crippen molar-refractivity contribution in [2.24, 2.45) is 11.3 Å². The molecule has 21 heavy (non-hydrogen) atoms. The van der Waals surface area contributed by atoms with E-state index in [9.17, 15) is 14.1 Å². The average Bonchev–Trinajstić information content (AvgIpc) is 2.34. The molecule has 0 aromatic rings. The molecular weight excluding hydrogens is 288 g/mol. The molecule has 0 rings (SSSR count). The smallest absolute Gasteiger partial charge is 0.314 e. The molecule has 0 bridgehead atoms. The van der Waals surface area contributed by atoms with E-state index in [0.717, 1.165) is 0 Å². The molecule has 6 heteroatoms. The van der Waals surface area contributed by atoms with Crippen LogP contribution in [0.1, 0.15) is 48.5 Å². The molecule has 0 saturated carbocycles. The molecule has 0 fully saturated rings. The Hall–Kier alpha value is -0.620. The van der Waals surface area contributed by atoms with E-state index in [1.807, 2.05) is 48.5 Å². The number of nitrogens with one attached hydrogen (secondary N) is 2. The number of hydrogen-bond acceptors (Lipinski definition) is 3. The fraction of sp³-hybridized carbons (Fsp3) is 0.933. The van der Waals surface area contributed by atoms with Gasteiger partial charge in [0.1, 0.15) is 0 Å². The summed E-state index contributed by atoms with van der Waals surface area (Å²) >= 11 is 0. The highest BCUT2D eigenvalue weighted by molar-refractivity contribution is 7.86. The van der Waals surface area contributed by atoms with Gasteiger partial charge in [0.15, 0.2) is 0 Å². The van der Waals surface area contributed by atoms with E-state index in [-0.39, 0.29) is 22.1 Å². The highest BCUT2D eigenvalue weighted by Crippen LogP contribution is 2.24. The topological polar surface area (TPSA) is 78.4 Å². The zero-order valence-corrected chi connectivity index (χ0v) is 15.3. The van der Waals surface area contributed by atoms with E-state index in [2.05, 4.69) is 10.6 Å². The van der Waals surface area contributed by atoms with Gasteiger partial charge in [0.2, 0.25) is 0 Å². The molecule has 0 aromatic carbocycles. The molecule has 0 aromatic heterocycles. The largest absolute Gasteiger partial charge is 0.392 e. The van der Waals surface area contributed by atoms with E-state index in [4.69, 9.17) is 0 Å². The Kier molecular flexibility index (Phi) is 7.89. The molecule has 0 aliphatic heterocycles. The lowest BCUT2D eigenvalue weighted by molar-refractivity contribution is 0.0152. The van der Waals surface area contributed by atoms with Crippen molar-refractivity contribution in [1.82, 2.24) is 10.6 Å². The number of rotatable bonds is 7. The first-order chi connectivity index (χ1) is 9.38. The molecular formula is C15H32N2O3S. The maximum atomic E-state index is 11.8. The minimum Gasteiger partial charge on any atom is -0.392 e. The first kappa shape index (κ1) is 20.4. The molecule has 0 aliphatic carbocycles. The van der Waals surface area contributed by atoms with Crippen molar-refractivity contribution >= 4 is 16.8 Å². The molecule has 2 atom stereocenters. The molecule has 0 radical (unpaired) electrons. The highest BCUT2D eigenvalue weighted by atomic mass is 32.2. The van der Waals surface area contributed by atoms with Gasteiger partial charge in [-0.15, -0.1) is 0 Å². The quantitative estimate of drug-likeness (QED) is 0.670. The van der Waals surface area contributed by atoms with Crippen LogP contribution in [-0.4, -0.2) is 45.0 Å². The molecule has 3 N–H and O–H groups in total. The van der Waals surface area contributed by atoms with Gasteiger partial charge in [-0.1, -0.05) is 27.7 Å². The van der Waals surface area contributed by atoms with Crippen LogP contribution in [0.5, 0.6) is 0 Å². The number of hydrogen-bond donors (Lipinski definition) is 3. The fourth-order valence-electron chi connectivity index (χ4n) is 1.94. The Morgan fingerprint density at radius 3 is 2.10 bits per heavy atom. The van der Waals surface area contributed by atoms with Crippen LogP contribution in [0.4, 0.5) is 4.79 Å². The number of aliphatic hydroxyl groups excluding tert-OH is 1. The third-order valence-electron chi connectivity index (χ3n) is 3.39. The van der Waals surface area contributed by atoms with Gasteiger partial charge in [-0.05, 0) is 26.7 Å². The summed E-state index contributed by atoms with van der Waals surface area (Å²) < 4.78 is 11.6. The molecule has 0 saturated heterocycles. The maximum Gasteiger partial charge on any atom is 0.314 e. The Balaban J connectivity index is 4.10. The Labute approximate surface area is 131 Å². The Bertz CT molecular complexity index is 362. The molecule has 0 aliphatic rings. The van der Waals surface area contributed by atoms with Crippen LogP contribution in [0, 0.1) is 11.3 Å². The molecule has 5 nitrogen and oxygen atoms in total. The summed E-state index contributed by atoms with van der Waals surface area (Å²) in [5, 5.41) is 15.6. The predicted molar refractivity (Wildman–Crippen MR) is 88.8 cm³/mol. The van der Waals surface area contributed by atoms with E-state index in [1.54, 1.807) is 0 Å². The third kappa shape index (κ3) is 7.81. The SMILES string of the molecule is CC(C)C(O)C(C)(C)CNC(=O)NCCS(=O)C(C)(C)C. The van der Waals surface area contributed by atoms with Gasteiger partial charge < -0.3 is 15.7 Å². The standard InChI is InChI=1S/C15H32N2O3S/c1-11(2)12(18)15(6,7)10-17-13(19)16-8-9-21(20)14(3,4)5/h11-12,18H,8-10H2,1-7H3,(H2,16,17,19). The van der Waals surface area contributed by atoms with Crippen molar-refractivity contribution in [2.45, 2.75) is 59.3 Å². The van der Waals surface area contributed by atoms with E-state index in [0.29, 0.717) is 18.8 Å². The number of amides is 2. The normalized spacial score (nSPS) is 15.7.